The van der Waals surface area contributed by atoms with E-state index in [0.29, 0.717) is 11.7 Å². The van der Waals surface area contributed by atoms with E-state index in [1.165, 1.54) is 11.3 Å². The summed E-state index contributed by atoms with van der Waals surface area (Å²) in [6, 6.07) is 9.54. The summed E-state index contributed by atoms with van der Waals surface area (Å²) in [7, 11) is 1.58. The molecule has 1 aromatic carbocycles. The molecule has 1 atom stereocenters. The third kappa shape index (κ3) is 3.59. The van der Waals surface area contributed by atoms with E-state index in [9.17, 15) is 4.79 Å². The normalized spacial score (nSPS) is 12.1. The molecule has 1 heterocycles. The molecular formula is C13H15N3O2S. The lowest BCUT2D eigenvalue weighted by Gasteiger charge is -2.15. The Morgan fingerprint density at radius 3 is 2.68 bits per heavy atom. The maximum atomic E-state index is 12.3. The SMILES string of the molecule is COC[C@@H](C(=O)Nc1nnc(C)s1)c1ccccc1. The highest BCUT2D eigenvalue weighted by Crippen LogP contribution is 2.20. The highest BCUT2D eigenvalue weighted by molar-refractivity contribution is 7.15. The van der Waals surface area contributed by atoms with Gasteiger partial charge in [0.15, 0.2) is 0 Å². The van der Waals surface area contributed by atoms with Crippen molar-refractivity contribution in [3.8, 4) is 0 Å². The molecule has 2 aromatic rings. The van der Waals surface area contributed by atoms with E-state index >= 15 is 0 Å². The van der Waals surface area contributed by atoms with Crippen LogP contribution in [0.25, 0.3) is 0 Å². The van der Waals surface area contributed by atoms with Crippen molar-refractivity contribution >= 4 is 22.4 Å². The molecule has 2 rings (SSSR count). The predicted octanol–water partition coefficient (Wildman–Crippen LogP) is 2.22. The van der Waals surface area contributed by atoms with Crippen molar-refractivity contribution in [3.63, 3.8) is 0 Å². The van der Waals surface area contributed by atoms with Crippen molar-refractivity contribution in [2.75, 3.05) is 19.0 Å². The summed E-state index contributed by atoms with van der Waals surface area (Å²) in [6.45, 7) is 2.17. The number of carbonyl (C=O) groups excluding carboxylic acids is 1. The maximum absolute atomic E-state index is 12.3. The number of ether oxygens (including phenoxy) is 1. The number of anilines is 1. The fourth-order valence-electron chi connectivity index (χ4n) is 1.71. The number of nitrogens with zero attached hydrogens (tertiary/aromatic N) is 2. The average Bonchev–Trinajstić information content (AvgIpc) is 2.82. The molecule has 0 saturated heterocycles. The number of nitrogens with one attached hydrogen (secondary N) is 1. The summed E-state index contributed by atoms with van der Waals surface area (Å²) < 4.78 is 5.13. The Balaban J connectivity index is 2.13. The Hall–Kier alpha value is -1.79. The van der Waals surface area contributed by atoms with E-state index in [1.807, 2.05) is 37.3 Å². The number of rotatable bonds is 5. The Labute approximate surface area is 115 Å². The average molecular weight is 277 g/mol. The van der Waals surface area contributed by atoms with Gasteiger partial charge >= 0.3 is 0 Å². The first kappa shape index (κ1) is 13.6. The fourth-order valence-corrected chi connectivity index (χ4v) is 2.31. The minimum atomic E-state index is -0.351. The number of benzene rings is 1. The van der Waals surface area contributed by atoms with Gasteiger partial charge in [0.1, 0.15) is 5.01 Å². The summed E-state index contributed by atoms with van der Waals surface area (Å²) in [6.07, 6.45) is 0. The van der Waals surface area contributed by atoms with Gasteiger partial charge in [0.25, 0.3) is 0 Å². The second kappa shape index (κ2) is 6.40. The highest BCUT2D eigenvalue weighted by atomic mass is 32.1. The van der Waals surface area contributed by atoms with E-state index in [-0.39, 0.29) is 11.8 Å². The van der Waals surface area contributed by atoms with Crippen LogP contribution in [-0.4, -0.2) is 29.8 Å². The molecule has 0 unspecified atom stereocenters. The molecule has 6 heteroatoms. The molecule has 0 aliphatic rings. The largest absolute Gasteiger partial charge is 0.384 e. The molecule has 19 heavy (non-hydrogen) atoms. The van der Waals surface area contributed by atoms with Gasteiger partial charge in [-0.25, -0.2) is 0 Å². The van der Waals surface area contributed by atoms with E-state index in [1.54, 1.807) is 7.11 Å². The molecule has 0 aliphatic heterocycles. The summed E-state index contributed by atoms with van der Waals surface area (Å²) in [4.78, 5) is 12.3. The van der Waals surface area contributed by atoms with Gasteiger partial charge in [-0.3, -0.25) is 10.1 Å². The molecule has 1 aromatic heterocycles. The van der Waals surface area contributed by atoms with Gasteiger partial charge in [0.2, 0.25) is 11.0 Å². The lowest BCUT2D eigenvalue weighted by molar-refractivity contribution is -0.118. The molecule has 5 nitrogen and oxygen atoms in total. The number of aryl methyl sites for hydroxylation is 1. The van der Waals surface area contributed by atoms with Crippen LogP contribution in [0.5, 0.6) is 0 Å². The van der Waals surface area contributed by atoms with Crippen molar-refractivity contribution < 1.29 is 9.53 Å². The van der Waals surface area contributed by atoms with Crippen LogP contribution in [0.4, 0.5) is 5.13 Å². The molecule has 1 N–H and O–H groups in total. The number of hydrogen-bond acceptors (Lipinski definition) is 5. The molecule has 0 fully saturated rings. The van der Waals surface area contributed by atoms with E-state index in [0.717, 1.165) is 10.6 Å². The van der Waals surface area contributed by atoms with Crippen molar-refractivity contribution in [2.45, 2.75) is 12.8 Å². The smallest absolute Gasteiger partial charge is 0.236 e. The topological polar surface area (TPSA) is 64.1 Å². The third-order valence-electron chi connectivity index (χ3n) is 2.61. The summed E-state index contributed by atoms with van der Waals surface area (Å²) in [5, 5.41) is 11.9. The number of carbonyl (C=O) groups is 1. The van der Waals surface area contributed by atoms with Crippen LogP contribution in [0.1, 0.15) is 16.5 Å². The Morgan fingerprint density at radius 1 is 1.37 bits per heavy atom. The lowest BCUT2D eigenvalue weighted by Crippen LogP contribution is -2.24. The van der Waals surface area contributed by atoms with Crippen molar-refractivity contribution in [2.24, 2.45) is 0 Å². The van der Waals surface area contributed by atoms with E-state index in [2.05, 4.69) is 15.5 Å². The summed E-state index contributed by atoms with van der Waals surface area (Å²) >= 11 is 1.35. The van der Waals surface area contributed by atoms with E-state index in [4.69, 9.17) is 4.74 Å². The molecule has 0 spiro atoms. The zero-order valence-electron chi connectivity index (χ0n) is 10.8. The summed E-state index contributed by atoms with van der Waals surface area (Å²) in [5.74, 6) is -0.486. The number of hydrogen-bond donors (Lipinski definition) is 1. The second-order valence-electron chi connectivity index (χ2n) is 4.03. The van der Waals surface area contributed by atoms with Crippen LogP contribution >= 0.6 is 11.3 Å². The predicted molar refractivity (Wildman–Crippen MR) is 74.3 cm³/mol. The van der Waals surface area contributed by atoms with Crippen molar-refractivity contribution in [1.29, 1.82) is 0 Å². The minimum absolute atomic E-state index is 0.135. The van der Waals surface area contributed by atoms with Crippen molar-refractivity contribution in [3.05, 3.63) is 40.9 Å². The standard InChI is InChI=1S/C13H15N3O2S/c1-9-15-16-13(19-9)14-12(17)11(8-18-2)10-6-4-3-5-7-10/h3-7,11H,8H2,1-2H3,(H,14,16,17)/t11-/m1/s1. The monoisotopic (exact) mass is 277 g/mol. The number of aromatic nitrogens is 2. The molecule has 1 amide bonds. The van der Waals surface area contributed by atoms with E-state index < -0.39 is 0 Å². The first-order valence-electron chi connectivity index (χ1n) is 5.85. The Bertz CT molecular complexity index is 542. The van der Waals surface area contributed by atoms with Gasteiger partial charge in [-0.2, -0.15) is 0 Å². The van der Waals surface area contributed by atoms with Gasteiger partial charge in [-0.15, -0.1) is 10.2 Å². The molecule has 100 valence electrons. The van der Waals surface area contributed by atoms with Gasteiger partial charge < -0.3 is 4.74 Å². The van der Waals surface area contributed by atoms with Gasteiger partial charge in [0, 0.05) is 7.11 Å². The minimum Gasteiger partial charge on any atom is -0.384 e. The zero-order chi connectivity index (χ0) is 13.7. The molecule has 0 saturated carbocycles. The van der Waals surface area contributed by atoms with Crippen LogP contribution in [0.3, 0.4) is 0 Å². The fraction of sp³-hybridized carbons (Fsp3) is 0.308. The van der Waals surface area contributed by atoms with Crippen LogP contribution in [0, 0.1) is 6.92 Å². The highest BCUT2D eigenvalue weighted by Gasteiger charge is 2.21. The van der Waals surface area contributed by atoms with Gasteiger partial charge in [-0.05, 0) is 12.5 Å². The van der Waals surface area contributed by atoms with Crippen LogP contribution in [0.2, 0.25) is 0 Å². The molecule has 0 bridgehead atoms. The van der Waals surface area contributed by atoms with Gasteiger partial charge in [-0.1, -0.05) is 41.7 Å². The molecule has 0 radical (unpaired) electrons. The molecular weight excluding hydrogens is 262 g/mol. The Morgan fingerprint density at radius 2 is 2.11 bits per heavy atom. The van der Waals surface area contributed by atoms with Crippen molar-refractivity contribution in [1.82, 2.24) is 10.2 Å². The molecule has 0 aliphatic carbocycles. The zero-order valence-corrected chi connectivity index (χ0v) is 11.6. The lowest BCUT2D eigenvalue weighted by atomic mass is 9.99. The number of amides is 1. The van der Waals surface area contributed by atoms with Gasteiger partial charge in [0.05, 0.1) is 12.5 Å². The second-order valence-corrected chi connectivity index (χ2v) is 5.22. The summed E-state index contributed by atoms with van der Waals surface area (Å²) in [5.41, 5.74) is 0.920. The third-order valence-corrected chi connectivity index (χ3v) is 3.36. The quantitative estimate of drug-likeness (QED) is 0.910. The maximum Gasteiger partial charge on any atom is 0.236 e. The first-order valence-corrected chi connectivity index (χ1v) is 6.67. The van der Waals surface area contributed by atoms with Crippen LogP contribution in [0.15, 0.2) is 30.3 Å². The van der Waals surface area contributed by atoms with Crippen LogP contribution in [-0.2, 0) is 9.53 Å². The van der Waals surface area contributed by atoms with Crippen LogP contribution < -0.4 is 5.32 Å². The Kier molecular flexibility index (Phi) is 4.59. The number of methoxy groups -OCH3 is 1. The first-order chi connectivity index (χ1) is 9.20.